The molecule has 0 saturated heterocycles. The Morgan fingerprint density at radius 1 is 1.33 bits per heavy atom. The van der Waals surface area contributed by atoms with Gasteiger partial charge in [0.15, 0.2) is 0 Å². The summed E-state index contributed by atoms with van der Waals surface area (Å²) in [5.41, 5.74) is 6.56. The molecule has 2 aromatic heterocycles. The van der Waals surface area contributed by atoms with Crippen LogP contribution in [0.4, 0.5) is 11.8 Å². The van der Waals surface area contributed by atoms with Crippen LogP contribution in [0.5, 0.6) is 0 Å². The molecule has 0 amide bonds. The fraction of sp³-hybridized carbons (Fsp3) is 0.500. The Balaban J connectivity index is 1.91. The predicted molar refractivity (Wildman–Crippen MR) is 73.7 cm³/mol. The van der Waals surface area contributed by atoms with E-state index in [2.05, 4.69) is 15.3 Å². The SMILES string of the molecule is Nc1nc(NC2CCCCC2O)c2sccc2n1. The van der Waals surface area contributed by atoms with Gasteiger partial charge in [-0.25, -0.2) is 4.98 Å². The topological polar surface area (TPSA) is 84.1 Å². The van der Waals surface area contributed by atoms with Crippen LogP contribution >= 0.6 is 11.3 Å². The van der Waals surface area contributed by atoms with Crippen molar-refractivity contribution in [3.8, 4) is 0 Å². The number of thiophene rings is 1. The summed E-state index contributed by atoms with van der Waals surface area (Å²) in [6.45, 7) is 0. The van der Waals surface area contributed by atoms with Crippen LogP contribution in [0, 0.1) is 0 Å². The Kier molecular flexibility index (Phi) is 3.05. The molecule has 2 atom stereocenters. The zero-order valence-corrected chi connectivity index (χ0v) is 10.8. The van der Waals surface area contributed by atoms with Crippen LogP contribution in [0.2, 0.25) is 0 Å². The average Bonchev–Trinajstić information content (AvgIpc) is 2.80. The zero-order valence-electron chi connectivity index (χ0n) is 9.97. The molecular formula is C12H16N4OS. The Labute approximate surface area is 109 Å². The third-order valence-electron chi connectivity index (χ3n) is 3.37. The number of anilines is 2. The van der Waals surface area contributed by atoms with Gasteiger partial charge >= 0.3 is 0 Å². The number of aliphatic hydroxyl groups is 1. The number of aliphatic hydroxyl groups excluding tert-OH is 1. The van der Waals surface area contributed by atoms with E-state index >= 15 is 0 Å². The van der Waals surface area contributed by atoms with Gasteiger partial charge in [-0.15, -0.1) is 11.3 Å². The second kappa shape index (κ2) is 4.70. The molecule has 96 valence electrons. The molecule has 6 heteroatoms. The monoisotopic (exact) mass is 264 g/mol. The van der Waals surface area contributed by atoms with E-state index in [1.165, 1.54) is 0 Å². The van der Waals surface area contributed by atoms with Gasteiger partial charge in [-0.05, 0) is 24.3 Å². The van der Waals surface area contributed by atoms with E-state index in [0.717, 1.165) is 41.7 Å². The molecule has 1 aliphatic carbocycles. The normalized spacial score (nSPS) is 24.3. The summed E-state index contributed by atoms with van der Waals surface area (Å²) in [6.07, 6.45) is 3.76. The highest BCUT2D eigenvalue weighted by Gasteiger charge is 2.24. The number of hydrogen-bond acceptors (Lipinski definition) is 6. The summed E-state index contributed by atoms with van der Waals surface area (Å²) in [7, 11) is 0. The van der Waals surface area contributed by atoms with Gasteiger partial charge in [-0.1, -0.05) is 12.8 Å². The third kappa shape index (κ3) is 2.13. The van der Waals surface area contributed by atoms with Crippen molar-refractivity contribution in [2.24, 2.45) is 0 Å². The van der Waals surface area contributed by atoms with Crippen LogP contribution in [-0.4, -0.2) is 27.2 Å². The lowest BCUT2D eigenvalue weighted by molar-refractivity contribution is 0.116. The molecule has 1 saturated carbocycles. The molecule has 2 aromatic rings. The van der Waals surface area contributed by atoms with Gasteiger partial charge in [0.05, 0.1) is 22.4 Å². The summed E-state index contributed by atoms with van der Waals surface area (Å²) in [6, 6.07) is 2.00. The van der Waals surface area contributed by atoms with Crippen LogP contribution in [0.1, 0.15) is 25.7 Å². The van der Waals surface area contributed by atoms with Crippen molar-refractivity contribution in [2.75, 3.05) is 11.1 Å². The molecule has 4 N–H and O–H groups in total. The molecule has 2 unspecified atom stereocenters. The summed E-state index contributed by atoms with van der Waals surface area (Å²) in [5.74, 6) is 1.02. The lowest BCUT2D eigenvalue weighted by atomic mass is 9.92. The van der Waals surface area contributed by atoms with Crippen molar-refractivity contribution in [1.29, 1.82) is 0 Å². The van der Waals surface area contributed by atoms with Crippen molar-refractivity contribution in [3.63, 3.8) is 0 Å². The first kappa shape index (κ1) is 11.7. The Hall–Kier alpha value is -1.40. The van der Waals surface area contributed by atoms with Gasteiger partial charge in [-0.3, -0.25) is 0 Å². The molecule has 5 nitrogen and oxygen atoms in total. The average molecular weight is 264 g/mol. The lowest BCUT2D eigenvalue weighted by Gasteiger charge is -2.28. The van der Waals surface area contributed by atoms with Gasteiger partial charge in [-0.2, -0.15) is 4.98 Å². The van der Waals surface area contributed by atoms with Crippen molar-refractivity contribution in [2.45, 2.75) is 37.8 Å². The van der Waals surface area contributed by atoms with E-state index in [4.69, 9.17) is 5.73 Å². The van der Waals surface area contributed by atoms with E-state index in [1.54, 1.807) is 11.3 Å². The molecule has 3 rings (SSSR count). The van der Waals surface area contributed by atoms with Crippen LogP contribution < -0.4 is 11.1 Å². The number of nitrogens with two attached hydrogens (primary N) is 1. The smallest absolute Gasteiger partial charge is 0.222 e. The number of rotatable bonds is 2. The fourth-order valence-electron chi connectivity index (χ4n) is 2.43. The van der Waals surface area contributed by atoms with Crippen molar-refractivity contribution in [1.82, 2.24) is 9.97 Å². The molecule has 0 radical (unpaired) electrons. The summed E-state index contributed by atoms with van der Waals surface area (Å²) >= 11 is 1.59. The van der Waals surface area contributed by atoms with Gasteiger partial charge < -0.3 is 16.2 Å². The Bertz CT molecular complexity index is 556. The summed E-state index contributed by atoms with van der Waals surface area (Å²) in [4.78, 5) is 8.44. The lowest BCUT2D eigenvalue weighted by Crippen LogP contribution is -2.36. The Morgan fingerprint density at radius 3 is 3.00 bits per heavy atom. The van der Waals surface area contributed by atoms with Gasteiger partial charge in [0, 0.05) is 0 Å². The third-order valence-corrected chi connectivity index (χ3v) is 4.28. The Morgan fingerprint density at radius 2 is 2.17 bits per heavy atom. The maximum atomic E-state index is 9.99. The van der Waals surface area contributed by atoms with Gasteiger partial charge in [0.2, 0.25) is 5.95 Å². The summed E-state index contributed by atoms with van der Waals surface area (Å²) < 4.78 is 1.00. The molecule has 0 bridgehead atoms. The first-order chi connectivity index (χ1) is 8.74. The standard InChI is InChI=1S/C12H16N4OS/c13-12-15-8-5-6-18-10(8)11(16-12)14-7-3-1-2-4-9(7)17/h5-7,9,17H,1-4H2,(H3,13,14,15,16). The van der Waals surface area contributed by atoms with E-state index in [0.29, 0.717) is 0 Å². The minimum atomic E-state index is -0.301. The number of nitrogens with zero attached hydrogens (tertiary/aromatic N) is 2. The molecule has 0 spiro atoms. The van der Waals surface area contributed by atoms with E-state index in [-0.39, 0.29) is 18.1 Å². The quantitative estimate of drug-likeness (QED) is 0.772. The van der Waals surface area contributed by atoms with Crippen molar-refractivity contribution in [3.05, 3.63) is 11.4 Å². The predicted octanol–water partition coefficient (Wildman–Crippen LogP) is 1.99. The van der Waals surface area contributed by atoms with Gasteiger partial charge in [0.1, 0.15) is 5.82 Å². The number of nitrogen functional groups attached to an aromatic ring is 1. The van der Waals surface area contributed by atoms with E-state index in [1.807, 2.05) is 11.4 Å². The molecule has 0 aliphatic heterocycles. The summed E-state index contributed by atoms with van der Waals surface area (Å²) in [5, 5.41) is 15.3. The maximum absolute atomic E-state index is 9.99. The first-order valence-electron chi connectivity index (χ1n) is 6.19. The number of fused-ring (bicyclic) bond motifs is 1. The second-order valence-electron chi connectivity index (χ2n) is 4.67. The second-order valence-corrected chi connectivity index (χ2v) is 5.58. The zero-order chi connectivity index (χ0) is 12.5. The maximum Gasteiger partial charge on any atom is 0.222 e. The van der Waals surface area contributed by atoms with Crippen LogP contribution in [0.15, 0.2) is 11.4 Å². The van der Waals surface area contributed by atoms with Crippen molar-refractivity contribution >= 4 is 33.3 Å². The number of hydrogen-bond donors (Lipinski definition) is 3. The van der Waals surface area contributed by atoms with E-state index < -0.39 is 0 Å². The molecule has 2 heterocycles. The molecule has 1 fully saturated rings. The minimum absolute atomic E-state index is 0.0679. The molecular weight excluding hydrogens is 248 g/mol. The molecule has 0 aromatic carbocycles. The van der Waals surface area contributed by atoms with Crippen LogP contribution in [-0.2, 0) is 0 Å². The highest BCUT2D eigenvalue weighted by Crippen LogP contribution is 2.29. The first-order valence-corrected chi connectivity index (χ1v) is 7.07. The fourth-order valence-corrected chi connectivity index (χ4v) is 3.22. The van der Waals surface area contributed by atoms with E-state index in [9.17, 15) is 5.11 Å². The molecule has 18 heavy (non-hydrogen) atoms. The minimum Gasteiger partial charge on any atom is -0.391 e. The van der Waals surface area contributed by atoms with Crippen molar-refractivity contribution < 1.29 is 5.11 Å². The largest absolute Gasteiger partial charge is 0.391 e. The highest BCUT2D eigenvalue weighted by molar-refractivity contribution is 7.17. The molecule has 1 aliphatic rings. The van der Waals surface area contributed by atoms with Gasteiger partial charge in [0.25, 0.3) is 0 Å². The highest BCUT2D eigenvalue weighted by atomic mass is 32.1. The van der Waals surface area contributed by atoms with Crippen LogP contribution in [0.25, 0.3) is 10.2 Å². The van der Waals surface area contributed by atoms with Crippen LogP contribution in [0.3, 0.4) is 0 Å². The number of aromatic nitrogens is 2. The number of nitrogens with one attached hydrogen (secondary N) is 1.